The van der Waals surface area contributed by atoms with Crippen LogP contribution in [-0.4, -0.2) is 35.1 Å². The Labute approximate surface area is 188 Å². The molecule has 0 saturated heterocycles. The van der Waals surface area contributed by atoms with Gasteiger partial charge < -0.3 is 14.8 Å². The molecule has 1 N–H and O–H groups in total. The fourth-order valence-corrected chi connectivity index (χ4v) is 4.64. The number of ether oxygens (including phenoxy) is 2. The summed E-state index contributed by atoms with van der Waals surface area (Å²) in [5, 5.41) is 2.76. The highest BCUT2D eigenvalue weighted by Gasteiger charge is 2.29. The molecule has 3 aromatic carbocycles. The third-order valence-electron chi connectivity index (χ3n) is 4.88. The quantitative estimate of drug-likeness (QED) is 0.553. The molecule has 1 amide bonds. The number of hydrogen-bond donors (Lipinski definition) is 1. The summed E-state index contributed by atoms with van der Waals surface area (Å²) in [7, 11) is -1.10. The standard InChI is InChI=1S/C24H26N2O5S/c1-17-9-12-19(13-10-17)32(28,29)26(21-7-5-6-8-23(21)31-4)16-24(27)25-20-15-18(2)11-14-22(20)30-3/h5-15H,16H2,1-4H3,(H,25,27). The Morgan fingerprint density at radius 1 is 0.875 bits per heavy atom. The number of hydrogen-bond acceptors (Lipinski definition) is 5. The molecule has 32 heavy (non-hydrogen) atoms. The molecule has 3 rings (SSSR count). The normalized spacial score (nSPS) is 11.0. The number of nitrogens with zero attached hydrogens (tertiary/aromatic N) is 1. The summed E-state index contributed by atoms with van der Waals surface area (Å²) in [5.41, 5.74) is 2.58. The summed E-state index contributed by atoms with van der Waals surface area (Å²) in [5.74, 6) is 0.300. The summed E-state index contributed by atoms with van der Waals surface area (Å²) in [6.07, 6.45) is 0. The minimum Gasteiger partial charge on any atom is -0.495 e. The van der Waals surface area contributed by atoms with E-state index in [1.807, 2.05) is 19.9 Å². The number of methoxy groups -OCH3 is 2. The molecule has 8 heteroatoms. The van der Waals surface area contributed by atoms with Crippen LogP contribution in [0.3, 0.4) is 0 Å². The van der Waals surface area contributed by atoms with Crippen molar-refractivity contribution in [1.29, 1.82) is 0 Å². The highest BCUT2D eigenvalue weighted by molar-refractivity contribution is 7.92. The number of rotatable bonds is 8. The lowest BCUT2D eigenvalue weighted by Gasteiger charge is -2.26. The van der Waals surface area contributed by atoms with Crippen LogP contribution in [0.4, 0.5) is 11.4 Å². The first-order valence-electron chi connectivity index (χ1n) is 9.93. The molecule has 0 spiro atoms. The lowest BCUT2D eigenvalue weighted by atomic mass is 10.2. The smallest absolute Gasteiger partial charge is 0.264 e. The molecule has 0 aliphatic heterocycles. The zero-order valence-electron chi connectivity index (χ0n) is 18.5. The van der Waals surface area contributed by atoms with Gasteiger partial charge in [-0.3, -0.25) is 9.10 Å². The van der Waals surface area contributed by atoms with Crippen molar-refractivity contribution in [3.63, 3.8) is 0 Å². The van der Waals surface area contributed by atoms with Crippen LogP contribution in [0.25, 0.3) is 0 Å². The number of benzene rings is 3. The van der Waals surface area contributed by atoms with Gasteiger partial charge in [-0.2, -0.15) is 0 Å². The fraction of sp³-hybridized carbons (Fsp3) is 0.208. The Balaban J connectivity index is 2.01. The van der Waals surface area contributed by atoms with Gasteiger partial charge in [0.2, 0.25) is 5.91 Å². The van der Waals surface area contributed by atoms with E-state index in [-0.39, 0.29) is 10.6 Å². The van der Waals surface area contributed by atoms with E-state index < -0.39 is 22.5 Å². The molecule has 0 bridgehead atoms. The van der Waals surface area contributed by atoms with Crippen LogP contribution in [0, 0.1) is 13.8 Å². The zero-order chi connectivity index (χ0) is 23.3. The lowest BCUT2D eigenvalue weighted by molar-refractivity contribution is -0.114. The van der Waals surface area contributed by atoms with Gasteiger partial charge in [-0.1, -0.05) is 35.9 Å². The number of nitrogens with one attached hydrogen (secondary N) is 1. The van der Waals surface area contributed by atoms with Crippen molar-refractivity contribution in [2.24, 2.45) is 0 Å². The Morgan fingerprint density at radius 2 is 1.50 bits per heavy atom. The minimum atomic E-state index is -4.05. The maximum atomic E-state index is 13.5. The molecule has 3 aromatic rings. The third-order valence-corrected chi connectivity index (χ3v) is 6.65. The van der Waals surface area contributed by atoms with Gasteiger partial charge in [-0.25, -0.2) is 8.42 Å². The number of carbonyl (C=O) groups excluding carboxylic acids is 1. The van der Waals surface area contributed by atoms with Crippen molar-refractivity contribution in [3.05, 3.63) is 77.9 Å². The highest BCUT2D eigenvalue weighted by Crippen LogP contribution is 2.32. The summed E-state index contributed by atoms with van der Waals surface area (Å²) >= 11 is 0. The number of amides is 1. The molecule has 0 radical (unpaired) electrons. The summed E-state index contributed by atoms with van der Waals surface area (Å²) in [6, 6.07) is 18.5. The van der Waals surface area contributed by atoms with Crippen molar-refractivity contribution < 1.29 is 22.7 Å². The van der Waals surface area contributed by atoms with E-state index in [0.29, 0.717) is 17.2 Å². The van der Waals surface area contributed by atoms with Crippen LogP contribution in [-0.2, 0) is 14.8 Å². The molecule has 0 atom stereocenters. The van der Waals surface area contributed by atoms with Gasteiger partial charge in [0.15, 0.2) is 0 Å². The Morgan fingerprint density at radius 3 is 2.16 bits per heavy atom. The Bertz CT molecular complexity index is 1210. The minimum absolute atomic E-state index is 0.0787. The number of para-hydroxylation sites is 2. The Kier molecular flexibility index (Phi) is 7.05. The van der Waals surface area contributed by atoms with E-state index in [1.165, 1.54) is 26.4 Å². The first-order chi connectivity index (χ1) is 15.3. The number of anilines is 2. The molecule has 0 saturated carbocycles. The topological polar surface area (TPSA) is 84.9 Å². The van der Waals surface area contributed by atoms with E-state index >= 15 is 0 Å². The number of carbonyl (C=O) groups is 1. The van der Waals surface area contributed by atoms with Crippen molar-refractivity contribution in [1.82, 2.24) is 0 Å². The third kappa shape index (κ3) is 5.03. The second-order valence-corrected chi connectivity index (χ2v) is 9.11. The van der Waals surface area contributed by atoms with Crippen molar-refractivity contribution in [2.75, 3.05) is 30.4 Å². The van der Waals surface area contributed by atoms with Gasteiger partial charge in [0.25, 0.3) is 10.0 Å². The van der Waals surface area contributed by atoms with Gasteiger partial charge in [0.05, 0.1) is 30.5 Å². The summed E-state index contributed by atoms with van der Waals surface area (Å²) < 4.78 is 38.8. The maximum Gasteiger partial charge on any atom is 0.264 e. The Hall–Kier alpha value is -3.52. The van der Waals surface area contributed by atoms with Crippen LogP contribution in [0.15, 0.2) is 71.6 Å². The molecular weight excluding hydrogens is 428 g/mol. The van der Waals surface area contributed by atoms with Gasteiger partial charge in [-0.15, -0.1) is 0 Å². The average molecular weight is 455 g/mol. The lowest BCUT2D eigenvalue weighted by Crippen LogP contribution is -2.38. The summed E-state index contributed by atoms with van der Waals surface area (Å²) in [4.78, 5) is 13.1. The van der Waals surface area contributed by atoms with E-state index in [0.717, 1.165) is 15.4 Å². The largest absolute Gasteiger partial charge is 0.495 e. The van der Waals surface area contributed by atoms with E-state index in [2.05, 4.69) is 5.32 Å². The van der Waals surface area contributed by atoms with Gasteiger partial charge in [0.1, 0.15) is 18.0 Å². The highest BCUT2D eigenvalue weighted by atomic mass is 32.2. The monoisotopic (exact) mass is 454 g/mol. The molecule has 7 nitrogen and oxygen atoms in total. The van der Waals surface area contributed by atoms with Crippen molar-refractivity contribution in [2.45, 2.75) is 18.7 Å². The number of aryl methyl sites for hydroxylation is 2. The fourth-order valence-electron chi connectivity index (χ4n) is 3.21. The van der Waals surface area contributed by atoms with Crippen LogP contribution in [0.2, 0.25) is 0 Å². The molecule has 0 heterocycles. The van der Waals surface area contributed by atoms with Crippen LogP contribution < -0.4 is 19.1 Å². The molecule has 0 aliphatic carbocycles. The maximum absolute atomic E-state index is 13.5. The predicted molar refractivity (Wildman–Crippen MR) is 125 cm³/mol. The van der Waals surface area contributed by atoms with E-state index in [4.69, 9.17) is 9.47 Å². The first-order valence-corrected chi connectivity index (χ1v) is 11.4. The van der Waals surface area contributed by atoms with Gasteiger partial charge in [0, 0.05) is 0 Å². The SMILES string of the molecule is COc1ccc(C)cc1NC(=O)CN(c1ccccc1OC)S(=O)(=O)c1ccc(C)cc1. The molecule has 0 unspecified atom stereocenters. The molecule has 168 valence electrons. The zero-order valence-corrected chi connectivity index (χ0v) is 19.3. The van der Waals surface area contributed by atoms with E-state index in [1.54, 1.807) is 48.5 Å². The van der Waals surface area contributed by atoms with Crippen molar-refractivity contribution in [3.8, 4) is 11.5 Å². The van der Waals surface area contributed by atoms with Crippen LogP contribution in [0.1, 0.15) is 11.1 Å². The predicted octanol–water partition coefficient (Wildman–Crippen LogP) is 4.15. The average Bonchev–Trinajstić information content (AvgIpc) is 2.78. The van der Waals surface area contributed by atoms with Crippen molar-refractivity contribution >= 4 is 27.3 Å². The first kappa shape index (κ1) is 23.1. The van der Waals surface area contributed by atoms with Crippen LogP contribution >= 0.6 is 0 Å². The molecule has 0 aliphatic rings. The van der Waals surface area contributed by atoms with Crippen LogP contribution in [0.5, 0.6) is 11.5 Å². The van der Waals surface area contributed by atoms with Gasteiger partial charge >= 0.3 is 0 Å². The van der Waals surface area contributed by atoms with E-state index in [9.17, 15) is 13.2 Å². The summed E-state index contributed by atoms with van der Waals surface area (Å²) in [6.45, 7) is 3.31. The number of sulfonamides is 1. The van der Waals surface area contributed by atoms with Gasteiger partial charge in [-0.05, 0) is 55.8 Å². The molecular formula is C24H26N2O5S. The molecule has 0 aromatic heterocycles. The molecule has 0 fully saturated rings. The second kappa shape index (κ2) is 9.74. The second-order valence-electron chi connectivity index (χ2n) is 7.25.